The monoisotopic (exact) mass is 339 g/mol. The molecule has 0 unspecified atom stereocenters. The van der Waals surface area contributed by atoms with Gasteiger partial charge in [0.15, 0.2) is 0 Å². The molecule has 1 aromatic rings. The first-order chi connectivity index (χ1) is 10.7. The number of rotatable bonds is 7. The van der Waals surface area contributed by atoms with Crippen LogP contribution in [-0.2, 0) is 14.8 Å². The molecule has 0 radical (unpaired) electrons. The number of anilines is 1. The molecule has 0 aliphatic rings. The van der Waals surface area contributed by atoms with Crippen LogP contribution < -0.4 is 9.62 Å². The van der Waals surface area contributed by atoms with Gasteiger partial charge in [-0.15, -0.1) is 0 Å². The van der Waals surface area contributed by atoms with E-state index in [4.69, 9.17) is 0 Å². The summed E-state index contributed by atoms with van der Waals surface area (Å²) in [5, 5.41) is 0. The second-order valence-corrected chi connectivity index (χ2v) is 6.94. The summed E-state index contributed by atoms with van der Waals surface area (Å²) < 4.78 is 25.0. The lowest BCUT2D eigenvalue weighted by Gasteiger charge is -2.18. The molecule has 0 saturated carbocycles. The van der Waals surface area contributed by atoms with Crippen molar-refractivity contribution in [2.45, 2.75) is 0 Å². The largest absolute Gasteiger partial charge is 0.341 e. The molecule has 1 rings (SSSR count). The van der Waals surface area contributed by atoms with Crippen LogP contribution in [0.25, 0.3) is 0 Å². The van der Waals surface area contributed by atoms with Gasteiger partial charge in [-0.3, -0.25) is 9.59 Å². The van der Waals surface area contributed by atoms with E-state index in [2.05, 4.69) is 11.3 Å². The van der Waals surface area contributed by atoms with Gasteiger partial charge in [-0.25, -0.2) is 13.1 Å². The Morgan fingerprint density at radius 1 is 1.22 bits per heavy atom. The number of nitrogens with one attached hydrogen (secondary N) is 1. The number of carbonyl (C=O) groups is 2. The lowest BCUT2D eigenvalue weighted by molar-refractivity contribution is -0.113. The Balaban J connectivity index is 2.77. The number of nitrogens with zero attached hydrogens (tertiary/aromatic N) is 2. The van der Waals surface area contributed by atoms with Crippen molar-refractivity contribution >= 4 is 27.5 Å². The smallest absolute Gasteiger partial charge is 0.253 e. The van der Waals surface area contributed by atoms with E-state index >= 15 is 0 Å². The Morgan fingerprint density at radius 3 is 2.26 bits per heavy atom. The molecule has 1 N–H and O–H groups in total. The van der Waals surface area contributed by atoms with E-state index in [1.54, 1.807) is 31.3 Å². The molecule has 0 atom stereocenters. The van der Waals surface area contributed by atoms with Gasteiger partial charge in [-0.05, 0) is 37.4 Å². The van der Waals surface area contributed by atoms with Gasteiger partial charge in [0.1, 0.15) is 0 Å². The lowest BCUT2D eigenvalue weighted by atomic mass is 10.1. The number of hydrogen-bond donors (Lipinski definition) is 1. The molecular formula is C15H21N3O4S. The molecule has 126 valence electrons. The predicted octanol–water partition coefficient (Wildman–Crippen LogP) is 0.457. The zero-order chi connectivity index (χ0) is 17.6. The number of hydrogen-bond acceptors (Lipinski definition) is 4. The van der Waals surface area contributed by atoms with Gasteiger partial charge in [-0.2, -0.15) is 0 Å². The van der Waals surface area contributed by atoms with E-state index in [0.29, 0.717) is 11.3 Å². The summed E-state index contributed by atoms with van der Waals surface area (Å²) in [5.41, 5.74) is 1.05. The fourth-order valence-corrected chi connectivity index (χ4v) is 2.49. The molecule has 8 heteroatoms. The maximum absolute atomic E-state index is 12.2. The Hall–Kier alpha value is -2.19. The van der Waals surface area contributed by atoms with Gasteiger partial charge < -0.3 is 9.80 Å². The summed E-state index contributed by atoms with van der Waals surface area (Å²) in [4.78, 5) is 26.5. The first-order valence-corrected chi connectivity index (χ1v) is 8.54. The SMILES string of the molecule is C=CC(=O)N(C)c1ccc(C(=O)N(C)CCS(=O)(=O)NC)cc1. The van der Waals surface area contributed by atoms with Crippen molar-refractivity contribution in [2.24, 2.45) is 0 Å². The number of carbonyl (C=O) groups excluding carboxylic acids is 2. The Kier molecular flexibility index (Phi) is 6.47. The van der Waals surface area contributed by atoms with Crippen LogP contribution in [0, 0.1) is 0 Å². The van der Waals surface area contributed by atoms with Crippen LogP contribution in [0.2, 0.25) is 0 Å². The molecule has 7 nitrogen and oxygen atoms in total. The van der Waals surface area contributed by atoms with Gasteiger partial charge in [0.2, 0.25) is 15.9 Å². The van der Waals surface area contributed by atoms with Crippen LogP contribution in [0.5, 0.6) is 0 Å². The first-order valence-electron chi connectivity index (χ1n) is 6.88. The number of benzene rings is 1. The molecule has 0 spiro atoms. The summed E-state index contributed by atoms with van der Waals surface area (Å²) in [5.74, 6) is -0.709. The lowest BCUT2D eigenvalue weighted by Crippen LogP contribution is -2.34. The highest BCUT2D eigenvalue weighted by molar-refractivity contribution is 7.89. The summed E-state index contributed by atoms with van der Waals surface area (Å²) in [6, 6.07) is 6.47. The summed E-state index contributed by atoms with van der Waals surface area (Å²) in [6.45, 7) is 3.50. The fraction of sp³-hybridized carbons (Fsp3) is 0.333. The highest BCUT2D eigenvalue weighted by atomic mass is 32.2. The Labute approximate surface area is 136 Å². The third-order valence-corrected chi connectivity index (χ3v) is 4.70. The topological polar surface area (TPSA) is 86.8 Å². The predicted molar refractivity (Wildman–Crippen MR) is 89.9 cm³/mol. The minimum absolute atomic E-state index is 0.0820. The van der Waals surface area contributed by atoms with Crippen molar-refractivity contribution < 1.29 is 18.0 Å². The highest BCUT2D eigenvalue weighted by Crippen LogP contribution is 2.15. The van der Waals surface area contributed by atoms with Crippen LogP contribution >= 0.6 is 0 Å². The molecule has 1 aromatic carbocycles. The third-order valence-electron chi connectivity index (χ3n) is 3.36. The maximum atomic E-state index is 12.2. The highest BCUT2D eigenvalue weighted by Gasteiger charge is 2.15. The van der Waals surface area contributed by atoms with E-state index in [1.807, 2.05) is 0 Å². The summed E-state index contributed by atoms with van der Waals surface area (Å²) in [6.07, 6.45) is 1.20. The fourth-order valence-electron chi connectivity index (χ4n) is 1.77. The molecule has 0 heterocycles. The second kappa shape index (κ2) is 7.89. The van der Waals surface area contributed by atoms with E-state index < -0.39 is 10.0 Å². The minimum atomic E-state index is -3.36. The molecule has 0 aliphatic carbocycles. The Morgan fingerprint density at radius 2 is 1.78 bits per heavy atom. The van der Waals surface area contributed by atoms with Crippen LogP contribution in [0.1, 0.15) is 10.4 Å². The van der Waals surface area contributed by atoms with Gasteiger partial charge in [0.25, 0.3) is 5.91 Å². The number of likely N-dealkylation sites (N-methyl/N-ethyl adjacent to an activating group) is 1. The van der Waals surface area contributed by atoms with Gasteiger partial charge in [0, 0.05) is 31.9 Å². The zero-order valence-electron chi connectivity index (χ0n) is 13.4. The third kappa shape index (κ3) is 5.19. The quantitative estimate of drug-likeness (QED) is 0.731. The summed E-state index contributed by atoms with van der Waals surface area (Å²) in [7, 11) is 1.12. The van der Waals surface area contributed by atoms with Crippen molar-refractivity contribution in [1.82, 2.24) is 9.62 Å². The number of amides is 2. The van der Waals surface area contributed by atoms with E-state index in [9.17, 15) is 18.0 Å². The van der Waals surface area contributed by atoms with Gasteiger partial charge in [0.05, 0.1) is 5.75 Å². The molecule has 23 heavy (non-hydrogen) atoms. The van der Waals surface area contributed by atoms with Crippen molar-refractivity contribution in [1.29, 1.82) is 0 Å². The standard InChI is InChI=1S/C15H21N3O4S/c1-5-14(19)18(4)13-8-6-12(7-9-13)15(20)17(3)10-11-23(21,22)16-2/h5-9,16H,1,10-11H2,2-4H3. The average molecular weight is 339 g/mol. The molecule has 0 saturated heterocycles. The van der Waals surface area contributed by atoms with Crippen LogP contribution in [0.3, 0.4) is 0 Å². The van der Waals surface area contributed by atoms with E-state index in [0.717, 1.165) is 0 Å². The maximum Gasteiger partial charge on any atom is 0.253 e. The second-order valence-electron chi connectivity index (χ2n) is 4.90. The zero-order valence-corrected chi connectivity index (χ0v) is 14.3. The molecular weight excluding hydrogens is 318 g/mol. The average Bonchev–Trinajstić information content (AvgIpc) is 2.57. The van der Waals surface area contributed by atoms with Crippen molar-refractivity contribution in [3.63, 3.8) is 0 Å². The van der Waals surface area contributed by atoms with Crippen LogP contribution in [0.4, 0.5) is 5.69 Å². The number of sulfonamides is 1. The Bertz CT molecular complexity index is 683. The molecule has 0 bridgehead atoms. The first kappa shape index (κ1) is 18.9. The summed E-state index contributed by atoms with van der Waals surface area (Å²) >= 11 is 0. The normalized spacial score (nSPS) is 10.9. The van der Waals surface area contributed by atoms with Crippen molar-refractivity contribution in [3.05, 3.63) is 42.5 Å². The van der Waals surface area contributed by atoms with E-state index in [1.165, 1.54) is 30.0 Å². The van der Waals surface area contributed by atoms with Crippen molar-refractivity contribution in [2.75, 3.05) is 38.3 Å². The minimum Gasteiger partial charge on any atom is -0.341 e. The molecule has 2 amide bonds. The van der Waals surface area contributed by atoms with E-state index in [-0.39, 0.29) is 24.1 Å². The van der Waals surface area contributed by atoms with Gasteiger partial charge in [-0.1, -0.05) is 6.58 Å². The van der Waals surface area contributed by atoms with Crippen molar-refractivity contribution in [3.8, 4) is 0 Å². The van der Waals surface area contributed by atoms with Gasteiger partial charge >= 0.3 is 0 Å². The van der Waals surface area contributed by atoms with Crippen LogP contribution in [-0.4, -0.2) is 58.6 Å². The molecule has 0 aromatic heterocycles. The van der Waals surface area contributed by atoms with Crippen LogP contribution in [0.15, 0.2) is 36.9 Å². The molecule has 0 aliphatic heterocycles. The molecule has 0 fully saturated rings.